The molecule has 0 aromatic heterocycles. The van der Waals surface area contributed by atoms with Crippen molar-refractivity contribution in [3.8, 4) is 0 Å². The van der Waals surface area contributed by atoms with Gasteiger partial charge in [0.1, 0.15) is 6.10 Å². The second-order valence-corrected chi connectivity index (χ2v) is 5.13. The Morgan fingerprint density at radius 3 is 2.82 bits per heavy atom. The van der Waals surface area contributed by atoms with Crippen LogP contribution in [0, 0.1) is 5.92 Å². The number of carbonyl (C=O) groups is 1. The third-order valence-electron chi connectivity index (χ3n) is 3.86. The number of hydrogen-bond acceptors (Lipinski definition) is 4. The lowest BCUT2D eigenvalue weighted by Crippen LogP contribution is -2.38. The average Bonchev–Trinajstić information content (AvgIpc) is 2.97. The highest BCUT2D eigenvalue weighted by atomic mass is 16.5. The summed E-state index contributed by atoms with van der Waals surface area (Å²) in [5.41, 5.74) is 5.53. The number of likely N-dealkylation sites (tertiary alicyclic amines) is 1. The number of aliphatic hydroxyl groups excluding tert-OH is 1. The predicted octanol–water partition coefficient (Wildman–Crippen LogP) is -0.278. The van der Waals surface area contributed by atoms with Gasteiger partial charge in [-0.25, -0.2) is 0 Å². The van der Waals surface area contributed by atoms with E-state index in [2.05, 4.69) is 0 Å². The molecule has 2 aliphatic heterocycles. The summed E-state index contributed by atoms with van der Waals surface area (Å²) >= 11 is 0. The van der Waals surface area contributed by atoms with Crippen LogP contribution in [0.25, 0.3) is 0 Å². The quantitative estimate of drug-likeness (QED) is 0.714. The van der Waals surface area contributed by atoms with Gasteiger partial charge in [-0.15, -0.1) is 0 Å². The minimum atomic E-state index is -0.339. The van der Waals surface area contributed by atoms with E-state index >= 15 is 0 Å². The lowest BCUT2D eigenvalue weighted by molar-refractivity contribution is -0.141. The molecule has 0 saturated carbocycles. The summed E-state index contributed by atoms with van der Waals surface area (Å²) in [5.74, 6) is 0.287. The third kappa shape index (κ3) is 2.78. The van der Waals surface area contributed by atoms with Crippen molar-refractivity contribution in [2.45, 2.75) is 44.5 Å². The Morgan fingerprint density at radius 2 is 2.29 bits per heavy atom. The number of aliphatic hydroxyl groups is 1. The van der Waals surface area contributed by atoms with E-state index in [0.717, 1.165) is 25.8 Å². The van der Waals surface area contributed by atoms with Crippen LogP contribution in [0.2, 0.25) is 0 Å². The van der Waals surface area contributed by atoms with Gasteiger partial charge in [-0.2, -0.15) is 0 Å². The van der Waals surface area contributed by atoms with Crippen molar-refractivity contribution in [1.82, 2.24) is 4.90 Å². The van der Waals surface area contributed by atoms with Crippen molar-refractivity contribution >= 4 is 5.91 Å². The first-order valence-corrected chi connectivity index (χ1v) is 6.44. The summed E-state index contributed by atoms with van der Waals surface area (Å²) in [7, 11) is 0. The van der Waals surface area contributed by atoms with Crippen LogP contribution in [0.1, 0.15) is 26.2 Å². The maximum Gasteiger partial charge on any atom is 0.251 e. The number of hydrogen-bond donors (Lipinski definition) is 2. The first kappa shape index (κ1) is 12.8. The van der Waals surface area contributed by atoms with E-state index in [-0.39, 0.29) is 30.1 Å². The van der Waals surface area contributed by atoms with E-state index < -0.39 is 0 Å². The maximum absolute atomic E-state index is 12.2. The van der Waals surface area contributed by atoms with Crippen molar-refractivity contribution in [1.29, 1.82) is 0 Å². The molecule has 4 unspecified atom stereocenters. The first-order valence-electron chi connectivity index (χ1n) is 6.44. The fourth-order valence-electron chi connectivity index (χ4n) is 2.65. The molecule has 2 rings (SSSR count). The van der Waals surface area contributed by atoms with Crippen LogP contribution in [0.5, 0.6) is 0 Å². The van der Waals surface area contributed by atoms with Crippen molar-refractivity contribution < 1.29 is 14.6 Å². The average molecular weight is 242 g/mol. The van der Waals surface area contributed by atoms with Gasteiger partial charge in [-0.05, 0) is 26.2 Å². The van der Waals surface area contributed by atoms with Crippen LogP contribution in [-0.2, 0) is 9.53 Å². The van der Waals surface area contributed by atoms with Crippen LogP contribution in [0.4, 0.5) is 0 Å². The summed E-state index contributed by atoms with van der Waals surface area (Å²) in [6.45, 7) is 3.67. The molecule has 1 amide bonds. The Morgan fingerprint density at radius 1 is 1.53 bits per heavy atom. The van der Waals surface area contributed by atoms with Gasteiger partial charge in [0.25, 0.3) is 5.91 Å². The van der Waals surface area contributed by atoms with Crippen LogP contribution in [-0.4, -0.2) is 53.9 Å². The van der Waals surface area contributed by atoms with E-state index in [4.69, 9.17) is 10.5 Å². The molecule has 3 N–H and O–H groups in total. The largest absolute Gasteiger partial charge is 0.393 e. The van der Waals surface area contributed by atoms with Crippen LogP contribution >= 0.6 is 0 Å². The smallest absolute Gasteiger partial charge is 0.251 e. The minimum absolute atomic E-state index is 0.0408. The molecule has 2 fully saturated rings. The normalized spacial score (nSPS) is 35.2. The zero-order valence-corrected chi connectivity index (χ0v) is 10.3. The molecule has 0 aromatic carbocycles. The standard InChI is InChI=1S/C12H22N2O3/c1-8(15)9-4-5-14(7-9)12(16)11-3-2-10(6-13)17-11/h8-11,15H,2-7,13H2,1H3. The predicted molar refractivity (Wildman–Crippen MR) is 63.3 cm³/mol. The highest BCUT2D eigenvalue weighted by Crippen LogP contribution is 2.25. The lowest BCUT2D eigenvalue weighted by atomic mass is 10.0. The van der Waals surface area contributed by atoms with E-state index in [0.29, 0.717) is 13.1 Å². The van der Waals surface area contributed by atoms with Crippen molar-refractivity contribution in [3.63, 3.8) is 0 Å². The van der Waals surface area contributed by atoms with Crippen molar-refractivity contribution in [2.75, 3.05) is 19.6 Å². The third-order valence-corrected chi connectivity index (χ3v) is 3.86. The van der Waals surface area contributed by atoms with Crippen molar-refractivity contribution in [3.05, 3.63) is 0 Å². The molecule has 98 valence electrons. The van der Waals surface area contributed by atoms with Crippen LogP contribution in [0.15, 0.2) is 0 Å². The minimum Gasteiger partial charge on any atom is -0.393 e. The molecule has 17 heavy (non-hydrogen) atoms. The number of carbonyl (C=O) groups excluding carboxylic acids is 1. The van der Waals surface area contributed by atoms with Gasteiger partial charge in [0, 0.05) is 25.6 Å². The number of nitrogens with two attached hydrogens (primary N) is 1. The zero-order chi connectivity index (χ0) is 12.4. The molecule has 2 aliphatic rings. The number of rotatable bonds is 3. The van der Waals surface area contributed by atoms with Crippen molar-refractivity contribution in [2.24, 2.45) is 11.7 Å². The van der Waals surface area contributed by atoms with E-state index in [1.165, 1.54) is 0 Å². The van der Waals surface area contributed by atoms with Gasteiger partial charge in [0.15, 0.2) is 0 Å². The molecule has 0 aliphatic carbocycles. The summed E-state index contributed by atoms with van der Waals surface area (Å²) in [5, 5.41) is 9.51. The highest BCUT2D eigenvalue weighted by Gasteiger charge is 2.36. The molecule has 0 spiro atoms. The zero-order valence-electron chi connectivity index (χ0n) is 10.3. The molecule has 4 atom stereocenters. The van der Waals surface area contributed by atoms with Gasteiger partial charge >= 0.3 is 0 Å². The summed E-state index contributed by atoms with van der Waals surface area (Å²) < 4.78 is 5.60. The molecule has 0 aromatic rings. The van der Waals surface area contributed by atoms with E-state index in [1.54, 1.807) is 6.92 Å². The molecule has 2 saturated heterocycles. The lowest BCUT2D eigenvalue weighted by Gasteiger charge is -2.21. The van der Waals surface area contributed by atoms with Gasteiger partial charge in [-0.3, -0.25) is 4.79 Å². The second kappa shape index (κ2) is 5.33. The topological polar surface area (TPSA) is 75.8 Å². The van der Waals surface area contributed by atoms with E-state index in [1.807, 2.05) is 4.90 Å². The molecule has 0 radical (unpaired) electrons. The van der Waals surface area contributed by atoms with Gasteiger partial charge in [0.2, 0.25) is 0 Å². The summed E-state index contributed by atoms with van der Waals surface area (Å²) in [6.07, 6.45) is 1.93. The maximum atomic E-state index is 12.2. The summed E-state index contributed by atoms with van der Waals surface area (Å²) in [6, 6.07) is 0. The molecular formula is C12H22N2O3. The molecule has 2 heterocycles. The van der Waals surface area contributed by atoms with Gasteiger partial charge in [0.05, 0.1) is 12.2 Å². The fraction of sp³-hybridized carbons (Fsp3) is 0.917. The molecule has 5 heteroatoms. The van der Waals surface area contributed by atoms with E-state index in [9.17, 15) is 9.90 Å². The monoisotopic (exact) mass is 242 g/mol. The number of amides is 1. The Kier molecular flexibility index (Phi) is 4.01. The first-order chi connectivity index (χ1) is 8.11. The number of ether oxygens (including phenoxy) is 1. The Hall–Kier alpha value is -0.650. The molecule has 0 bridgehead atoms. The summed E-state index contributed by atoms with van der Waals surface area (Å²) in [4.78, 5) is 14.0. The van der Waals surface area contributed by atoms with Gasteiger partial charge in [-0.1, -0.05) is 0 Å². The Bertz CT molecular complexity index is 283. The Labute approximate surface area is 102 Å². The number of nitrogens with zero attached hydrogens (tertiary/aromatic N) is 1. The highest BCUT2D eigenvalue weighted by molar-refractivity contribution is 5.81. The SMILES string of the molecule is CC(O)C1CCN(C(=O)C2CCC(CN)O2)C1. The second-order valence-electron chi connectivity index (χ2n) is 5.13. The molecular weight excluding hydrogens is 220 g/mol. The molecule has 5 nitrogen and oxygen atoms in total. The fourth-order valence-corrected chi connectivity index (χ4v) is 2.65. The van der Waals surface area contributed by atoms with Crippen LogP contribution < -0.4 is 5.73 Å². The van der Waals surface area contributed by atoms with Crippen LogP contribution in [0.3, 0.4) is 0 Å². The Balaban J connectivity index is 1.85. The van der Waals surface area contributed by atoms with Gasteiger partial charge < -0.3 is 20.5 Å².